The maximum atomic E-state index is 11.9. The third-order valence-corrected chi connectivity index (χ3v) is 7.53. The van der Waals surface area contributed by atoms with Gasteiger partial charge in [0.15, 0.2) is 0 Å². The lowest BCUT2D eigenvalue weighted by molar-refractivity contribution is -0.125. The van der Waals surface area contributed by atoms with Crippen LogP contribution in [0.1, 0.15) is 29.0 Å². The lowest BCUT2D eigenvalue weighted by atomic mass is 9.88. The fourth-order valence-corrected chi connectivity index (χ4v) is 5.56. The van der Waals surface area contributed by atoms with Gasteiger partial charge in [-0.3, -0.25) is 14.4 Å². The predicted molar refractivity (Wildman–Crippen MR) is 135 cm³/mol. The van der Waals surface area contributed by atoms with Crippen LogP contribution in [0.4, 0.5) is 11.5 Å². The zero-order valence-electron chi connectivity index (χ0n) is 20.2. The van der Waals surface area contributed by atoms with Crippen LogP contribution in [0, 0.1) is 6.92 Å². The Morgan fingerprint density at radius 1 is 1.29 bits per heavy atom. The Hall–Kier alpha value is -3.65. The zero-order valence-corrected chi connectivity index (χ0v) is 20.2. The minimum atomic E-state index is 0.0394. The van der Waals surface area contributed by atoms with Gasteiger partial charge in [0, 0.05) is 68.7 Å². The molecule has 0 aliphatic carbocycles. The molecular weight excluding hydrogens is 440 g/mol. The number of hydrogen-bond acceptors (Lipinski definition) is 6. The highest BCUT2D eigenvalue weighted by molar-refractivity contribution is 5.87. The number of pyridine rings is 1. The number of aromatic nitrogens is 3. The van der Waals surface area contributed by atoms with Crippen molar-refractivity contribution in [1.82, 2.24) is 24.6 Å². The molecule has 180 valence electrons. The zero-order chi connectivity index (χ0) is 24.1. The summed E-state index contributed by atoms with van der Waals surface area (Å²) in [7, 11) is 1.92. The summed E-state index contributed by atoms with van der Waals surface area (Å²) in [5.74, 6) is 2.23. The Morgan fingerprint density at radius 3 is 2.91 bits per heavy atom. The number of carbonyl (C=O) groups excluding carboxylic acids is 1. The van der Waals surface area contributed by atoms with Crippen LogP contribution in [-0.4, -0.2) is 62.7 Å². The molecule has 5 heterocycles. The Kier molecular flexibility index (Phi) is 5.33. The van der Waals surface area contributed by atoms with Crippen LogP contribution >= 0.6 is 0 Å². The van der Waals surface area contributed by atoms with E-state index in [1.54, 1.807) is 4.68 Å². The highest BCUT2D eigenvalue weighted by Crippen LogP contribution is 2.42. The van der Waals surface area contributed by atoms with Gasteiger partial charge in [0.25, 0.3) is 0 Å². The van der Waals surface area contributed by atoms with Crippen molar-refractivity contribution >= 4 is 17.4 Å². The Bertz CT molecular complexity index is 1310. The van der Waals surface area contributed by atoms with Crippen LogP contribution in [-0.2, 0) is 18.4 Å². The number of rotatable bonds is 4. The molecule has 6 rings (SSSR count). The largest absolute Gasteiger partial charge is 0.486 e. The van der Waals surface area contributed by atoms with Gasteiger partial charge in [-0.15, -0.1) is 0 Å². The maximum Gasteiger partial charge on any atom is 0.246 e. The lowest BCUT2D eigenvalue weighted by Gasteiger charge is -2.43. The number of amides is 1. The summed E-state index contributed by atoms with van der Waals surface area (Å²) in [6.45, 7) is 9.83. The van der Waals surface area contributed by atoms with Crippen molar-refractivity contribution in [3.05, 3.63) is 66.1 Å². The molecule has 1 N–H and O–H groups in total. The second kappa shape index (κ2) is 8.53. The van der Waals surface area contributed by atoms with E-state index in [4.69, 9.17) is 4.74 Å². The Morgan fingerprint density at radius 2 is 2.14 bits per heavy atom. The van der Waals surface area contributed by atoms with Crippen LogP contribution in [0.15, 0.2) is 49.4 Å². The molecule has 0 bridgehead atoms. The topological polar surface area (TPSA) is 75.5 Å². The smallest absolute Gasteiger partial charge is 0.246 e. The summed E-state index contributed by atoms with van der Waals surface area (Å²) in [4.78, 5) is 21.0. The van der Waals surface area contributed by atoms with Crippen molar-refractivity contribution in [2.45, 2.75) is 31.9 Å². The molecular formula is C27H30N6O2. The van der Waals surface area contributed by atoms with Gasteiger partial charge in [-0.05, 0) is 48.2 Å². The van der Waals surface area contributed by atoms with Crippen LogP contribution in [0.25, 0.3) is 11.1 Å². The molecule has 8 nitrogen and oxygen atoms in total. The van der Waals surface area contributed by atoms with Crippen molar-refractivity contribution in [3.63, 3.8) is 0 Å². The first kappa shape index (κ1) is 21.9. The molecule has 1 amide bonds. The van der Waals surface area contributed by atoms with Crippen molar-refractivity contribution in [2.75, 3.05) is 31.5 Å². The van der Waals surface area contributed by atoms with E-state index in [2.05, 4.69) is 45.9 Å². The summed E-state index contributed by atoms with van der Waals surface area (Å²) in [6.07, 6.45) is 8.17. The van der Waals surface area contributed by atoms with Gasteiger partial charge in [-0.1, -0.05) is 12.6 Å². The molecule has 8 heteroatoms. The maximum absolute atomic E-state index is 11.9. The number of ether oxygens (including phenoxy) is 1. The van der Waals surface area contributed by atoms with E-state index in [0.717, 1.165) is 72.1 Å². The first-order valence-electron chi connectivity index (χ1n) is 12.2. The highest BCUT2D eigenvalue weighted by Gasteiger charge is 2.38. The van der Waals surface area contributed by atoms with Crippen molar-refractivity contribution in [3.8, 4) is 16.9 Å². The lowest BCUT2D eigenvalue weighted by Crippen LogP contribution is -2.51. The van der Waals surface area contributed by atoms with Crippen molar-refractivity contribution in [1.29, 1.82) is 0 Å². The number of nitrogens with zero attached hydrogens (tertiary/aromatic N) is 5. The fraction of sp³-hybridized carbons (Fsp3) is 0.370. The Labute approximate surface area is 205 Å². The molecule has 1 aromatic carbocycles. The van der Waals surface area contributed by atoms with Crippen molar-refractivity contribution in [2.24, 2.45) is 7.05 Å². The number of likely N-dealkylation sites (tertiary alicyclic amines) is 2. The minimum Gasteiger partial charge on any atom is -0.486 e. The monoisotopic (exact) mass is 470 g/mol. The molecule has 0 unspecified atom stereocenters. The molecule has 35 heavy (non-hydrogen) atoms. The SMILES string of the molecule is C=CC(=O)N1CC[C@H](N2CC(c3cc(C)c4c(c3)Nc3nccc(-c5cnn(C)c5)c3CO4)C2)C1. The fourth-order valence-electron chi connectivity index (χ4n) is 5.56. The molecule has 3 aliphatic rings. The third-order valence-electron chi connectivity index (χ3n) is 7.53. The quantitative estimate of drug-likeness (QED) is 0.587. The highest BCUT2D eigenvalue weighted by atomic mass is 16.5. The molecule has 0 radical (unpaired) electrons. The number of carbonyl (C=O) groups is 1. The van der Waals surface area contributed by atoms with E-state index in [0.29, 0.717) is 18.6 Å². The van der Waals surface area contributed by atoms with Gasteiger partial charge in [-0.25, -0.2) is 4.98 Å². The van der Waals surface area contributed by atoms with Gasteiger partial charge >= 0.3 is 0 Å². The van der Waals surface area contributed by atoms with Crippen LogP contribution in [0.2, 0.25) is 0 Å². The van der Waals surface area contributed by atoms with Crippen LogP contribution < -0.4 is 10.1 Å². The van der Waals surface area contributed by atoms with Gasteiger partial charge < -0.3 is 15.0 Å². The summed E-state index contributed by atoms with van der Waals surface area (Å²) in [6, 6.07) is 6.95. The number of nitrogens with one attached hydrogen (secondary N) is 1. The molecule has 2 fully saturated rings. The van der Waals surface area contributed by atoms with E-state index in [-0.39, 0.29) is 5.91 Å². The van der Waals surface area contributed by atoms with Gasteiger partial charge in [0.1, 0.15) is 18.2 Å². The summed E-state index contributed by atoms with van der Waals surface area (Å²) in [5.41, 5.74) is 6.58. The van der Waals surface area contributed by atoms with E-state index in [1.165, 1.54) is 11.6 Å². The normalized spacial score (nSPS) is 19.7. The van der Waals surface area contributed by atoms with Crippen molar-refractivity contribution < 1.29 is 9.53 Å². The Balaban J connectivity index is 1.21. The molecule has 0 spiro atoms. The molecule has 3 aliphatic heterocycles. The second-order valence-corrected chi connectivity index (χ2v) is 9.80. The number of anilines is 2. The average Bonchev–Trinajstić information content (AvgIpc) is 3.42. The van der Waals surface area contributed by atoms with E-state index in [1.807, 2.05) is 36.6 Å². The molecule has 1 atom stereocenters. The third kappa shape index (κ3) is 3.87. The average molecular weight is 471 g/mol. The number of benzene rings is 1. The number of aryl methyl sites for hydroxylation is 2. The van der Waals surface area contributed by atoms with Crippen LogP contribution in [0.3, 0.4) is 0 Å². The summed E-state index contributed by atoms with van der Waals surface area (Å²) >= 11 is 0. The number of fused-ring (bicyclic) bond motifs is 2. The van der Waals surface area contributed by atoms with Crippen LogP contribution in [0.5, 0.6) is 5.75 Å². The predicted octanol–water partition coefficient (Wildman–Crippen LogP) is 3.61. The van der Waals surface area contributed by atoms with E-state index >= 15 is 0 Å². The number of hydrogen-bond donors (Lipinski definition) is 1. The molecule has 3 aromatic rings. The van der Waals surface area contributed by atoms with E-state index < -0.39 is 0 Å². The van der Waals surface area contributed by atoms with Gasteiger partial charge in [0.05, 0.1) is 11.9 Å². The first-order chi connectivity index (χ1) is 17.0. The van der Waals surface area contributed by atoms with E-state index in [9.17, 15) is 4.79 Å². The molecule has 0 saturated carbocycles. The van der Waals surface area contributed by atoms with Gasteiger partial charge in [0.2, 0.25) is 5.91 Å². The second-order valence-electron chi connectivity index (χ2n) is 9.80. The van der Waals surface area contributed by atoms with Gasteiger partial charge in [-0.2, -0.15) is 5.10 Å². The molecule has 2 aromatic heterocycles. The summed E-state index contributed by atoms with van der Waals surface area (Å²) in [5, 5.41) is 7.89. The standard InChI is InChI=1S/C27H30N6O2/c1-4-25(34)32-8-6-21(15-32)33-13-20(14-33)18-9-17(2)26-24(10-18)30-27-23(16-35-26)22(5-7-28-27)19-11-29-31(3)12-19/h4-5,7,9-12,20-21H,1,6,8,13-16H2,2-3H3,(H,28,30)/t21-/m0/s1. The molecule has 2 saturated heterocycles. The summed E-state index contributed by atoms with van der Waals surface area (Å²) < 4.78 is 8.13. The minimum absolute atomic E-state index is 0.0394. The first-order valence-corrected chi connectivity index (χ1v) is 12.2.